The quantitative estimate of drug-likeness (QED) is 0.0258. The SMILES string of the molecule is [2H]N(C(=O)[C@@H](C)O[C@H]1[C@H](O)[C@@H](COC(=O)C[C@@H](CCCCCCCCCCCCC)OC(=O)CCCCCCCCCCCCCCC)OC[C@@H]1NC(C)=O)[C@@H](C)C(=O)N[C@@H](CCC(=O)O)C(N)=O. The maximum Gasteiger partial charge on any atom is 0.309 e. The molecular formula is C51H92N4O13. The molecule has 17 heteroatoms. The lowest BCUT2D eigenvalue weighted by molar-refractivity contribution is -0.198. The summed E-state index contributed by atoms with van der Waals surface area (Å²) in [7, 11) is 0. The number of unbranched alkanes of at least 4 members (excludes halogenated alkanes) is 22. The average molecular weight is 970 g/mol. The number of nitrogens with one attached hydrogen (secondary N) is 3. The first-order chi connectivity index (χ1) is 33.0. The number of hydrogen-bond donors (Lipinski definition) is 6. The summed E-state index contributed by atoms with van der Waals surface area (Å²) < 4.78 is 31.5. The first-order valence-electron chi connectivity index (χ1n) is 26.7. The third-order valence-electron chi connectivity index (χ3n) is 12.4. The van der Waals surface area contributed by atoms with Crippen LogP contribution in [0.4, 0.5) is 0 Å². The van der Waals surface area contributed by atoms with Crippen molar-refractivity contribution in [2.45, 2.75) is 269 Å². The third-order valence-corrected chi connectivity index (χ3v) is 12.4. The molecule has 1 saturated heterocycles. The van der Waals surface area contributed by atoms with Gasteiger partial charge in [0.15, 0.2) is 1.41 Å². The Morgan fingerprint density at radius 3 is 1.69 bits per heavy atom. The number of amides is 4. The van der Waals surface area contributed by atoms with Crippen molar-refractivity contribution in [3.8, 4) is 0 Å². The van der Waals surface area contributed by atoms with E-state index in [0.29, 0.717) is 11.7 Å². The molecule has 7 N–H and O–H groups in total. The van der Waals surface area contributed by atoms with Crippen molar-refractivity contribution < 1.29 is 64.1 Å². The van der Waals surface area contributed by atoms with E-state index in [4.69, 9.17) is 31.2 Å². The molecule has 0 saturated carbocycles. The molecule has 0 unspecified atom stereocenters. The summed E-state index contributed by atoms with van der Waals surface area (Å²) in [6, 6.07) is -3.80. The second kappa shape index (κ2) is 39.0. The highest BCUT2D eigenvalue weighted by molar-refractivity contribution is 5.92. The molecule has 1 aliphatic heterocycles. The number of esters is 2. The van der Waals surface area contributed by atoms with Gasteiger partial charge in [0.05, 0.1) is 19.1 Å². The monoisotopic (exact) mass is 970 g/mol. The van der Waals surface area contributed by atoms with Crippen molar-refractivity contribution in [2.24, 2.45) is 5.73 Å². The van der Waals surface area contributed by atoms with Crippen molar-refractivity contribution in [2.75, 3.05) is 13.2 Å². The number of carbonyl (C=O) groups is 7. The zero-order valence-corrected chi connectivity index (χ0v) is 42.4. The Labute approximate surface area is 409 Å². The number of ether oxygens (including phenoxy) is 4. The molecule has 1 heterocycles. The summed E-state index contributed by atoms with van der Waals surface area (Å²) in [6.45, 7) is 7.57. The highest BCUT2D eigenvalue weighted by atomic mass is 16.6. The van der Waals surface area contributed by atoms with Crippen molar-refractivity contribution in [3.63, 3.8) is 0 Å². The number of aliphatic hydroxyl groups is 1. The fourth-order valence-electron chi connectivity index (χ4n) is 8.26. The van der Waals surface area contributed by atoms with Crippen LogP contribution in [-0.4, -0.2) is 114 Å². The molecule has 394 valence electrons. The topological polar surface area (TPSA) is 259 Å². The summed E-state index contributed by atoms with van der Waals surface area (Å²) in [4.78, 5) is 87.4. The van der Waals surface area contributed by atoms with Gasteiger partial charge in [-0.25, -0.2) is 0 Å². The van der Waals surface area contributed by atoms with Gasteiger partial charge in [-0.15, -0.1) is 0 Å². The van der Waals surface area contributed by atoms with E-state index >= 15 is 0 Å². The summed E-state index contributed by atoms with van der Waals surface area (Å²) in [5.41, 5.74) is 5.30. The zero-order valence-electron chi connectivity index (χ0n) is 43.4. The van der Waals surface area contributed by atoms with Crippen LogP contribution in [0.15, 0.2) is 0 Å². The van der Waals surface area contributed by atoms with Gasteiger partial charge >= 0.3 is 17.9 Å². The summed E-state index contributed by atoms with van der Waals surface area (Å²) in [5.74, 6) is -5.66. The average Bonchev–Trinajstić information content (AvgIpc) is 3.30. The third kappa shape index (κ3) is 30.6. The predicted octanol–water partition coefficient (Wildman–Crippen LogP) is 7.39. The molecule has 1 rings (SSSR count). The smallest absolute Gasteiger partial charge is 0.309 e. The highest BCUT2D eigenvalue weighted by Crippen LogP contribution is 2.23. The van der Waals surface area contributed by atoms with Crippen molar-refractivity contribution >= 4 is 41.5 Å². The van der Waals surface area contributed by atoms with Crippen LogP contribution >= 0.6 is 0 Å². The van der Waals surface area contributed by atoms with E-state index in [1.54, 1.807) is 0 Å². The molecule has 1 fully saturated rings. The van der Waals surface area contributed by atoms with Crippen molar-refractivity contribution in [1.82, 2.24) is 15.9 Å². The van der Waals surface area contributed by atoms with Crippen LogP contribution in [0.25, 0.3) is 0 Å². The number of nitrogens with two attached hydrogens (primary N) is 1. The maximum atomic E-state index is 13.3. The Hall–Kier alpha value is -3.83. The van der Waals surface area contributed by atoms with Gasteiger partial charge < -0.3 is 50.8 Å². The first-order valence-corrected chi connectivity index (χ1v) is 26.2. The van der Waals surface area contributed by atoms with Crippen LogP contribution in [0, 0.1) is 0 Å². The molecule has 0 aromatic carbocycles. The molecule has 68 heavy (non-hydrogen) atoms. The van der Waals surface area contributed by atoms with E-state index in [2.05, 4.69) is 24.5 Å². The standard InChI is InChI=1S/C51H92N4O13/c1-6-8-10-12-14-16-18-19-21-23-25-27-29-31-45(59)68-40(30-28-26-24-22-20-17-15-13-11-9-7-2)34-46(60)66-36-43-47(61)48(42(35-65-43)54-39(5)56)67-38(4)51(64)53-37(3)50(63)55-41(49(52)62)32-33-44(57)58/h37-38,40-43,47-48,61H,6-36H2,1-5H3,(H2,52,62)(H,53,64)(H,54,56)(H,55,63)(H,57,58)/t37-,38+,40+,41-,42-,43+,47+,48+/m0/s1/i/hD. The van der Waals surface area contributed by atoms with Crippen molar-refractivity contribution in [1.29, 1.82) is 0 Å². The number of carboxylic acids is 1. The fraction of sp³-hybridized carbons (Fsp3) is 0.863. The molecule has 0 radical (unpaired) electrons. The number of carbonyl (C=O) groups excluding carboxylic acids is 6. The van der Waals surface area contributed by atoms with E-state index in [0.717, 1.165) is 51.4 Å². The molecule has 8 atom stereocenters. The Bertz CT molecular complexity index is 1470. The molecule has 0 aromatic heterocycles. The van der Waals surface area contributed by atoms with Gasteiger partial charge in [0.2, 0.25) is 23.6 Å². The molecule has 0 bridgehead atoms. The second-order valence-corrected chi connectivity index (χ2v) is 18.8. The van der Waals surface area contributed by atoms with Gasteiger partial charge in [-0.05, 0) is 39.5 Å². The van der Waals surface area contributed by atoms with Crippen LogP contribution in [-0.2, 0) is 52.5 Å². The Morgan fingerprint density at radius 2 is 1.21 bits per heavy atom. The maximum absolute atomic E-state index is 13.3. The van der Waals surface area contributed by atoms with Gasteiger partial charge in [-0.2, -0.15) is 0 Å². The number of rotatable bonds is 42. The second-order valence-electron chi connectivity index (χ2n) is 18.8. The van der Waals surface area contributed by atoms with Crippen LogP contribution < -0.4 is 21.7 Å². The molecule has 1 aliphatic rings. The van der Waals surface area contributed by atoms with Crippen LogP contribution in [0.5, 0.6) is 0 Å². The van der Waals surface area contributed by atoms with E-state index in [9.17, 15) is 38.7 Å². The van der Waals surface area contributed by atoms with Gasteiger partial charge in [-0.3, -0.25) is 33.6 Å². The first kappa shape index (κ1) is 60.3. The lowest BCUT2D eigenvalue weighted by Gasteiger charge is -2.41. The number of hydrogen-bond acceptors (Lipinski definition) is 12. The molecular weight excluding hydrogens is 877 g/mol. The van der Waals surface area contributed by atoms with Gasteiger partial charge in [0.1, 0.15) is 49.2 Å². The van der Waals surface area contributed by atoms with Crippen LogP contribution in [0.2, 0.25) is 1.41 Å². The molecule has 4 amide bonds. The van der Waals surface area contributed by atoms with Gasteiger partial charge in [0, 0.05) is 19.8 Å². The summed E-state index contributed by atoms with van der Waals surface area (Å²) in [6.07, 6.45) is 21.9. The Kier molecular flexibility index (Phi) is 34.5. The summed E-state index contributed by atoms with van der Waals surface area (Å²) in [5, 5.41) is 25.6. The Morgan fingerprint density at radius 1 is 0.706 bits per heavy atom. The zero-order chi connectivity index (χ0) is 51.4. The summed E-state index contributed by atoms with van der Waals surface area (Å²) >= 11 is 0. The minimum absolute atomic E-state index is 0.185. The fourth-order valence-corrected chi connectivity index (χ4v) is 8.26. The van der Waals surface area contributed by atoms with Gasteiger partial charge in [-0.1, -0.05) is 155 Å². The van der Waals surface area contributed by atoms with E-state index in [1.807, 2.05) is 0 Å². The minimum Gasteiger partial charge on any atom is -0.481 e. The van der Waals surface area contributed by atoms with E-state index in [1.165, 1.54) is 124 Å². The lowest BCUT2D eigenvalue weighted by atomic mass is 9.97. The Balaban J connectivity index is 2.82. The van der Waals surface area contributed by atoms with Crippen molar-refractivity contribution in [3.05, 3.63) is 0 Å². The molecule has 0 spiro atoms. The molecule has 17 nitrogen and oxygen atoms in total. The number of aliphatic hydroxyl groups excluding tert-OH is 1. The van der Waals surface area contributed by atoms with Crippen LogP contribution in [0.1, 0.15) is 221 Å². The number of aliphatic carboxylic acids is 1. The number of primary amides is 1. The van der Waals surface area contributed by atoms with E-state index < -0.39 is 97.2 Å². The minimum atomic E-state index is -1.55. The van der Waals surface area contributed by atoms with Gasteiger partial charge in [0.25, 0.3) is 0 Å². The predicted molar refractivity (Wildman–Crippen MR) is 260 cm³/mol. The molecule has 0 aliphatic carbocycles. The normalized spacial score (nSPS) is 18.9. The lowest BCUT2D eigenvalue weighted by Crippen LogP contribution is -2.62. The number of carboxylic acid groups (broad SMARTS) is 1. The van der Waals surface area contributed by atoms with E-state index in [-0.39, 0.29) is 31.8 Å². The highest BCUT2D eigenvalue weighted by Gasteiger charge is 2.43. The molecule has 0 aromatic rings. The largest absolute Gasteiger partial charge is 0.481 e. The van der Waals surface area contributed by atoms with Crippen LogP contribution in [0.3, 0.4) is 0 Å².